The van der Waals surface area contributed by atoms with Crippen molar-refractivity contribution in [2.45, 2.75) is 59.3 Å². The Kier molecular flexibility index (Phi) is 8.12. The van der Waals surface area contributed by atoms with E-state index in [2.05, 4.69) is 23.7 Å². The largest absolute Gasteiger partial charge is 0.382 e. The normalized spacial score (nSPS) is 10.9. The molecular formula is C24H29ClN4O. The maximum atomic E-state index is 6.38. The molecule has 0 aliphatic carbocycles. The molecule has 2 heterocycles. The molecule has 0 aliphatic heterocycles. The van der Waals surface area contributed by atoms with Crippen LogP contribution in [0.4, 0.5) is 5.82 Å². The van der Waals surface area contributed by atoms with Gasteiger partial charge in [-0.3, -0.25) is 0 Å². The maximum Gasteiger partial charge on any atom is 0.151 e. The van der Waals surface area contributed by atoms with Gasteiger partial charge < -0.3 is 15.0 Å². The molecule has 2 N–H and O–H groups in total. The number of fused-ring (bicyclic) bond motifs is 1. The molecule has 1 aromatic carbocycles. The van der Waals surface area contributed by atoms with E-state index in [1.807, 2.05) is 41.8 Å². The first-order valence-electron chi connectivity index (χ1n) is 10.5. The van der Waals surface area contributed by atoms with Crippen molar-refractivity contribution in [3.05, 3.63) is 53.0 Å². The molecule has 0 atom stereocenters. The number of unbranched alkanes of at least 4 members (excludes halogenated alkanes) is 2. The predicted octanol–water partition coefficient (Wildman–Crippen LogP) is 5.21. The van der Waals surface area contributed by atoms with Gasteiger partial charge in [-0.15, -0.1) is 11.6 Å². The monoisotopic (exact) mass is 424 g/mol. The van der Waals surface area contributed by atoms with E-state index in [1.54, 1.807) is 0 Å². The van der Waals surface area contributed by atoms with Crippen LogP contribution in [0.25, 0.3) is 11.0 Å². The van der Waals surface area contributed by atoms with Crippen molar-refractivity contribution < 1.29 is 4.74 Å². The van der Waals surface area contributed by atoms with Gasteiger partial charge in [0, 0.05) is 24.4 Å². The van der Waals surface area contributed by atoms with Crippen LogP contribution >= 0.6 is 11.6 Å². The van der Waals surface area contributed by atoms with Crippen LogP contribution in [0.2, 0.25) is 0 Å². The molecule has 3 aromatic rings. The number of benzene rings is 1. The van der Waals surface area contributed by atoms with Gasteiger partial charge in [-0.25, -0.2) is 9.97 Å². The summed E-state index contributed by atoms with van der Waals surface area (Å²) in [6.45, 7) is 5.07. The van der Waals surface area contributed by atoms with E-state index in [-0.39, 0.29) is 0 Å². The first-order valence-corrected chi connectivity index (χ1v) is 11.0. The van der Waals surface area contributed by atoms with E-state index in [9.17, 15) is 0 Å². The number of ether oxygens (including phenoxy) is 1. The molecule has 0 unspecified atom stereocenters. The maximum absolute atomic E-state index is 6.38. The highest BCUT2D eigenvalue weighted by Gasteiger charge is 2.19. The number of aromatic nitrogens is 3. The number of aryl methyl sites for hydroxylation is 1. The van der Waals surface area contributed by atoms with E-state index in [1.165, 1.54) is 0 Å². The highest BCUT2D eigenvalue weighted by Crippen LogP contribution is 2.28. The van der Waals surface area contributed by atoms with Crippen molar-refractivity contribution in [2.24, 2.45) is 0 Å². The van der Waals surface area contributed by atoms with E-state index < -0.39 is 0 Å². The molecule has 2 aromatic heterocycles. The number of hydrogen-bond donors (Lipinski definition) is 1. The summed E-state index contributed by atoms with van der Waals surface area (Å²) in [6.07, 6.45) is 4.54. The Bertz CT molecular complexity index is 1030. The molecule has 30 heavy (non-hydrogen) atoms. The Morgan fingerprint density at radius 3 is 2.70 bits per heavy atom. The highest BCUT2D eigenvalue weighted by molar-refractivity contribution is 6.17. The predicted molar refractivity (Wildman–Crippen MR) is 123 cm³/mol. The van der Waals surface area contributed by atoms with Crippen LogP contribution in [0.3, 0.4) is 0 Å². The molecule has 0 spiro atoms. The average molecular weight is 425 g/mol. The van der Waals surface area contributed by atoms with Gasteiger partial charge in [-0.1, -0.05) is 55.5 Å². The van der Waals surface area contributed by atoms with Gasteiger partial charge in [0.05, 0.1) is 12.2 Å². The van der Waals surface area contributed by atoms with Crippen LogP contribution in [-0.2, 0) is 24.5 Å². The van der Waals surface area contributed by atoms with Crippen molar-refractivity contribution in [3.63, 3.8) is 0 Å². The summed E-state index contributed by atoms with van der Waals surface area (Å²) in [5, 5.41) is 0. The Labute approximate surface area is 183 Å². The number of alkyl halides is 1. The Morgan fingerprint density at radius 2 is 1.97 bits per heavy atom. The van der Waals surface area contributed by atoms with E-state index in [0.29, 0.717) is 25.0 Å². The molecule has 0 amide bonds. The van der Waals surface area contributed by atoms with Crippen molar-refractivity contribution in [2.75, 3.05) is 11.6 Å². The third kappa shape index (κ3) is 5.33. The molecule has 0 aliphatic rings. The molecule has 6 heteroatoms. The van der Waals surface area contributed by atoms with Gasteiger partial charge in [-0.2, -0.15) is 0 Å². The summed E-state index contributed by atoms with van der Waals surface area (Å²) in [7, 11) is 0. The van der Waals surface area contributed by atoms with Crippen LogP contribution in [0.1, 0.15) is 55.3 Å². The van der Waals surface area contributed by atoms with E-state index in [4.69, 9.17) is 27.1 Å². The minimum atomic E-state index is 0.364. The Hall–Kier alpha value is -2.55. The minimum Gasteiger partial charge on any atom is -0.382 e. The first-order chi connectivity index (χ1) is 14.7. The van der Waals surface area contributed by atoms with E-state index in [0.717, 1.165) is 65.8 Å². The fraction of sp³-hybridized carbons (Fsp3) is 0.417. The fourth-order valence-corrected chi connectivity index (χ4v) is 3.46. The average Bonchev–Trinajstić information content (AvgIpc) is 3.02. The molecule has 5 nitrogen and oxygen atoms in total. The second-order valence-electron chi connectivity index (χ2n) is 7.27. The number of nitrogen functional groups attached to an aromatic ring is 1. The summed E-state index contributed by atoms with van der Waals surface area (Å²) < 4.78 is 8.02. The second kappa shape index (κ2) is 11.0. The van der Waals surface area contributed by atoms with Gasteiger partial charge in [0.25, 0.3) is 0 Å². The highest BCUT2D eigenvalue weighted by atomic mass is 35.5. The van der Waals surface area contributed by atoms with Crippen molar-refractivity contribution in [3.8, 4) is 11.8 Å². The van der Waals surface area contributed by atoms with Crippen LogP contribution < -0.4 is 5.73 Å². The van der Waals surface area contributed by atoms with E-state index >= 15 is 0 Å². The number of rotatable bonds is 9. The smallest absolute Gasteiger partial charge is 0.151 e. The number of halogens is 1. The lowest BCUT2D eigenvalue weighted by atomic mass is 10.2. The van der Waals surface area contributed by atoms with Crippen LogP contribution in [-0.4, -0.2) is 20.4 Å². The second-order valence-corrected chi connectivity index (χ2v) is 7.65. The number of hydrogen-bond acceptors (Lipinski definition) is 4. The summed E-state index contributed by atoms with van der Waals surface area (Å²) in [5.41, 5.74) is 11.0. The third-order valence-electron chi connectivity index (χ3n) is 4.97. The van der Waals surface area contributed by atoms with Crippen molar-refractivity contribution in [1.29, 1.82) is 0 Å². The zero-order chi connectivity index (χ0) is 21.3. The number of nitrogens with two attached hydrogens (primary N) is 1. The van der Waals surface area contributed by atoms with Gasteiger partial charge in [0.2, 0.25) is 0 Å². The van der Waals surface area contributed by atoms with Gasteiger partial charge >= 0.3 is 0 Å². The molecule has 0 saturated carbocycles. The quantitative estimate of drug-likeness (QED) is 0.291. The molecule has 0 bridgehead atoms. The lowest BCUT2D eigenvalue weighted by molar-refractivity contribution is 0.0657. The summed E-state index contributed by atoms with van der Waals surface area (Å²) in [4.78, 5) is 9.38. The zero-order valence-electron chi connectivity index (χ0n) is 17.7. The lowest BCUT2D eigenvalue weighted by Crippen LogP contribution is -2.08. The van der Waals surface area contributed by atoms with Gasteiger partial charge in [0.15, 0.2) is 5.82 Å². The van der Waals surface area contributed by atoms with Crippen molar-refractivity contribution in [1.82, 2.24) is 14.5 Å². The standard InChI is InChI=1S/C24H29ClN4O/c1-3-4-14-21-27-22-20(13-9-6-10-15-25)18(2)29(23(22)24(26)28-21)17-30-16-19-11-7-5-8-12-19/h5,7-8,11-12H,3-4,6,10,14-17H2,1-2H3,(H2,26,27,28). The third-order valence-corrected chi connectivity index (χ3v) is 5.23. The van der Waals surface area contributed by atoms with Crippen LogP contribution in [0, 0.1) is 18.8 Å². The Morgan fingerprint density at radius 1 is 1.17 bits per heavy atom. The van der Waals surface area contributed by atoms with Gasteiger partial charge in [0.1, 0.15) is 23.6 Å². The van der Waals surface area contributed by atoms with Crippen LogP contribution in [0.15, 0.2) is 30.3 Å². The van der Waals surface area contributed by atoms with Gasteiger partial charge in [-0.05, 0) is 25.3 Å². The number of nitrogens with zero attached hydrogens (tertiary/aromatic N) is 3. The molecule has 0 radical (unpaired) electrons. The topological polar surface area (TPSA) is 66.0 Å². The number of anilines is 1. The SMILES string of the molecule is CCCCc1nc(N)c2c(n1)c(C#CCCCCl)c(C)n2COCc1ccccc1. The fourth-order valence-electron chi connectivity index (χ4n) is 3.33. The lowest BCUT2D eigenvalue weighted by Gasteiger charge is -2.11. The molecule has 158 valence electrons. The molecular weight excluding hydrogens is 396 g/mol. The van der Waals surface area contributed by atoms with Crippen LogP contribution in [0.5, 0.6) is 0 Å². The molecule has 3 rings (SSSR count). The summed E-state index contributed by atoms with van der Waals surface area (Å²) in [5.74, 6) is 8.38. The molecule has 0 saturated heterocycles. The summed E-state index contributed by atoms with van der Waals surface area (Å²) in [6, 6.07) is 10.1. The molecule has 0 fully saturated rings. The minimum absolute atomic E-state index is 0.364. The Balaban J connectivity index is 1.95. The summed E-state index contributed by atoms with van der Waals surface area (Å²) >= 11 is 5.79. The zero-order valence-corrected chi connectivity index (χ0v) is 18.5. The van der Waals surface area contributed by atoms with Crippen molar-refractivity contribution >= 4 is 28.5 Å². The first kappa shape index (κ1) is 22.1.